The van der Waals surface area contributed by atoms with Gasteiger partial charge < -0.3 is 10.1 Å². The largest absolute Gasteiger partial charge is 0.491 e. The molecule has 3 nitrogen and oxygen atoms in total. The molecule has 1 aliphatic rings. The van der Waals surface area contributed by atoms with Crippen LogP contribution in [0.25, 0.3) is 0 Å². The number of rotatable bonds is 5. The van der Waals surface area contributed by atoms with Gasteiger partial charge in [-0.05, 0) is 61.9 Å². The molecule has 23 heavy (non-hydrogen) atoms. The van der Waals surface area contributed by atoms with E-state index >= 15 is 0 Å². The first-order valence-corrected chi connectivity index (χ1v) is 8.32. The zero-order valence-electron chi connectivity index (χ0n) is 13.6. The lowest BCUT2D eigenvalue weighted by atomic mass is 9.91. The molecule has 2 aromatic carbocycles. The molecular weight excluding hydrogens is 286 g/mol. The SMILES string of the molecule is Cc1ccc(C(=O)NCCOc2cccc3c2CCCC3)cc1. The Bertz CT molecular complexity index is 677. The summed E-state index contributed by atoms with van der Waals surface area (Å²) >= 11 is 0. The van der Waals surface area contributed by atoms with Crippen molar-refractivity contribution in [1.82, 2.24) is 5.32 Å². The highest BCUT2D eigenvalue weighted by Gasteiger charge is 2.13. The minimum atomic E-state index is -0.0521. The van der Waals surface area contributed by atoms with Gasteiger partial charge in [-0.3, -0.25) is 4.79 Å². The van der Waals surface area contributed by atoms with E-state index in [1.807, 2.05) is 37.3 Å². The minimum Gasteiger partial charge on any atom is -0.491 e. The predicted molar refractivity (Wildman–Crippen MR) is 92.1 cm³/mol. The van der Waals surface area contributed by atoms with E-state index < -0.39 is 0 Å². The maximum atomic E-state index is 12.0. The Balaban J connectivity index is 1.50. The summed E-state index contributed by atoms with van der Waals surface area (Å²) in [5.41, 5.74) is 4.60. The number of hydrogen-bond donors (Lipinski definition) is 1. The number of ether oxygens (including phenoxy) is 1. The second-order valence-corrected chi connectivity index (χ2v) is 6.07. The normalized spacial score (nSPS) is 13.3. The second kappa shape index (κ2) is 7.32. The van der Waals surface area contributed by atoms with Crippen molar-refractivity contribution in [2.24, 2.45) is 0 Å². The quantitative estimate of drug-likeness (QED) is 0.856. The van der Waals surface area contributed by atoms with Crippen LogP contribution in [-0.4, -0.2) is 19.1 Å². The topological polar surface area (TPSA) is 38.3 Å². The maximum Gasteiger partial charge on any atom is 0.251 e. The fourth-order valence-electron chi connectivity index (χ4n) is 3.01. The van der Waals surface area contributed by atoms with Crippen molar-refractivity contribution in [1.29, 1.82) is 0 Å². The molecule has 0 radical (unpaired) electrons. The van der Waals surface area contributed by atoms with E-state index in [1.54, 1.807) is 0 Å². The van der Waals surface area contributed by atoms with Crippen LogP contribution in [0, 0.1) is 6.92 Å². The average Bonchev–Trinajstić information content (AvgIpc) is 2.59. The van der Waals surface area contributed by atoms with Gasteiger partial charge in [-0.2, -0.15) is 0 Å². The average molecular weight is 309 g/mol. The molecule has 0 unspecified atom stereocenters. The number of hydrogen-bond acceptors (Lipinski definition) is 2. The molecule has 0 spiro atoms. The van der Waals surface area contributed by atoms with Gasteiger partial charge in [0.2, 0.25) is 0 Å². The van der Waals surface area contributed by atoms with Gasteiger partial charge in [0.1, 0.15) is 12.4 Å². The van der Waals surface area contributed by atoms with Crippen LogP contribution < -0.4 is 10.1 Å². The van der Waals surface area contributed by atoms with Gasteiger partial charge in [-0.1, -0.05) is 29.8 Å². The lowest BCUT2D eigenvalue weighted by Gasteiger charge is -2.19. The van der Waals surface area contributed by atoms with E-state index in [4.69, 9.17) is 4.74 Å². The summed E-state index contributed by atoms with van der Waals surface area (Å²) < 4.78 is 5.90. The smallest absolute Gasteiger partial charge is 0.251 e. The molecule has 3 heteroatoms. The molecule has 0 aliphatic heterocycles. The third-order valence-electron chi connectivity index (χ3n) is 4.31. The van der Waals surface area contributed by atoms with Gasteiger partial charge in [0, 0.05) is 5.56 Å². The van der Waals surface area contributed by atoms with Crippen LogP contribution in [0.15, 0.2) is 42.5 Å². The molecule has 0 saturated heterocycles. The zero-order valence-corrected chi connectivity index (χ0v) is 13.6. The van der Waals surface area contributed by atoms with Crippen molar-refractivity contribution in [2.75, 3.05) is 13.2 Å². The minimum absolute atomic E-state index is 0.0521. The van der Waals surface area contributed by atoms with Gasteiger partial charge >= 0.3 is 0 Å². The molecule has 0 fully saturated rings. The highest BCUT2D eigenvalue weighted by molar-refractivity contribution is 5.94. The van der Waals surface area contributed by atoms with Crippen molar-refractivity contribution >= 4 is 5.91 Å². The van der Waals surface area contributed by atoms with Crippen molar-refractivity contribution in [3.63, 3.8) is 0 Å². The molecule has 0 atom stereocenters. The van der Waals surface area contributed by atoms with Crippen LogP contribution in [0.2, 0.25) is 0 Å². The highest BCUT2D eigenvalue weighted by Crippen LogP contribution is 2.29. The Hall–Kier alpha value is -2.29. The summed E-state index contributed by atoms with van der Waals surface area (Å²) in [4.78, 5) is 12.0. The highest BCUT2D eigenvalue weighted by atomic mass is 16.5. The fraction of sp³-hybridized carbons (Fsp3) is 0.350. The number of benzene rings is 2. The first-order chi connectivity index (χ1) is 11.2. The summed E-state index contributed by atoms with van der Waals surface area (Å²) in [5.74, 6) is 0.926. The van der Waals surface area contributed by atoms with Crippen molar-refractivity contribution in [3.8, 4) is 5.75 Å². The van der Waals surface area contributed by atoms with Crippen LogP contribution in [0.5, 0.6) is 5.75 Å². The number of nitrogens with one attached hydrogen (secondary N) is 1. The molecule has 1 N–H and O–H groups in total. The molecule has 0 saturated carbocycles. The van der Waals surface area contributed by atoms with Crippen LogP contribution in [0.4, 0.5) is 0 Å². The van der Waals surface area contributed by atoms with E-state index in [2.05, 4.69) is 17.4 Å². The third-order valence-corrected chi connectivity index (χ3v) is 4.31. The van der Waals surface area contributed by atoms with E-state index in [-0.39, 0.29) is 5.91 Å². The predicted octanol–water partition coefficient (Wildman–Crippen LogP) is 3.68. The summed E-state index contributed by atoms with van der Waals surface area (Å²) in [6.07, 6.45) is 4.75. The number of carbonyl (C=O) groups excluding carboxylic acids is 1. The van der Waals surface area contributed by atoms with E-state index in [1.165, 1.54) is 24.0 Å². The molecule has 3 rings (SSSR count). The van der Waals surface area contributed by atoms with Crippen molar-refractivity contribution in [3.05, 3.63) is 64.7 Å². The van der Waals surface area contributed by atoms with E-state index in [9.17, 15) is 4.79 Å². The molecular formula is C20H23NO2. The van der Waals surface area contributed by atoms with Gasteiger partial charge in [0.05, 0.1) is 6.54 Å². The van der Waals surface area contributed by atoms with Gasteiger partial charge in [0.25, 0.3) is 5.91 Å². The summed E-state index contributed by atoms with van der Waals surface area (Å²) in [6, 6.07) is 13.9. The molecule has 0 aromatic heterocycles. The van der Waals surface area contributed by atoms with Crippen molar-refractivity contribution in [2.45, 2.75) is 32.6 Å². The summed E-state index contributed by atoms with van der Waals surface area (Å²) in [7, 11) is 0. The van der Waals surface area contributed by atoms with Gasteiger partial charge in [-0.25, -0.2) is 0 Å². The van der Waals surface area contributed by atoms with Crippen LogP contribution in [-0.2, 0) is 12.8 Å². The van der Waals surface area contributed by atoms with Crippen LogP contribution in [0.3, 0.4) is 0 Å². The maximum absolute atomic E-state index is 12.0. The summed E-state index contributed by atoms with van der Waals surface area (Å²) in [5, 5.41) is 2.90. The van der Waals surface area contributed by atoms with Crippen LogP contribution in [0.1, 0.15) is 39.9 Å². The third kappa shape index (κ3) is 3.92. The van der Waals surface area contributed by atoms with Crippen LogP contribution >= 0.6 is 0 Å². The Morgan fingerprint density at radius 3 is 2.70 bits per heavy atom. The monoisotopic (exact) mass is 309 g/mol. The van der Waals surface area contributed by atoms with E-state index in [0.717, 1.165) is 24.2 Å². The molecule has 0 bridgehead atoms. The molecule has 0 heterocycles. The Labute approximate surface area is 137 Å². The van der Waals surface area contributed by atoms with Gasteiger partial charge in [0.15, 0.2) is 0 Å². The fourth-order valence-corrected chi connectivity index (χ4v) is 3.01. The van der Waals surface area contributed by atoms with Gasteiger partial charge in [-0.15, -0.1) is 0 Å². The Kier molecular flexibility index (Phi) is 4.96. The van der Waals surface area contributed by atoms with E-state index in [0.29, 0.717) is 18.7 Å². The lowest BCUT2D eigenvalue weighted by molar-refractivity contribution is 0.0947. The number of carbonyl (C=O) groups is 1. The van der Waals surface area contributed by atoms with Crippen molar-refractivity contribution < 1.29 is 9.53 Å². The lowest BCUT2D eigenvalue weighted by Crippen LogP contribution is -2.28. The Morgan fingerprint density at radius 2 is 1.87 bits per heavy atom. The molecule has 1 amide bonds. The first kappa shape index (κ1) is 15.6. The number of fused-ring (bicyclic) bond motifs is 1. The first-order valence-electron chi connectivity index (χ1n) is 8.32. The standard InChI is InChI=1S/C20H23NO2/c1-15-9-11-17(12-10-15)20(22)21-13-14-23-19-8-4-6-16-5-2-3-7-18(16)19/h4,6,8-12H,2-3,5,7,13-14H2,1H3,(H,21,22). The molecule has 1 aliphatic carbocycles. The number of aryl methyl sites for hydroxylation is 2. The zero-order chi connectivity index (χ0) is 16.1. The molecule has 120 valence electrons. The summed E-state index contributed by atoms with van der Waals surface area (Å²) in [6.45, 7) is 3.01. The number of amides is 1. The molecule has 2 aromatic rings. The Morgan fingerprint density at radius 1 is 1.09 bits per heavy atom. The second-order valence-electron chi connectivity index (χ2n) is 6.07.